The summed E-state index contributed by atoms with van der Waals surface area (Å²) < 4.78 is 11.0. The Morgan fingerprint density at radius 2 is 1.74 bits per heavy atom. The smallest absolute Gasteiger partial charge is 0.408 e. The summed E-state index contributed by atoms with van der Waals surface area (Å²) in [5, 5.41) is 3.15. The van der Waals surface area contributed by atoms with Crippen LogP contribution in [0.15, 0.2) is 83.7 Å². The van der Waals surface area contributed by atoms with Crippen molar-refractivity contribution in [3.8, 4) is 0 Å². The zero-order valence-corrected chi connectivity index (χ0v) is 20.8. The highest BCUT2D eigenvalue weighted by molar-refractivity contribution is 5.97. The number of alkyl carbamates (subject to hydrolysis) is 1. The molecule has 0 aromatic heterocycles. The Bertz CT molecular complexity index is 1170. The minimum Gasteiger partial charge on any atom is -0.495 e. The number of hydrogen-bond donors (Lipinski definition) is 1. The lowest BCUT2D eigenvalue weighted by Crippen LogP contribution is -2.52. The van der Waals surface area contributed by atoms with E-state index >= 15 is 0 Å². The van der Waals surface area contributed by atoms with Gasteiger partial charge in [-0.05, 0) is 68.9 Å². The van der Waals surface area contributed by atoms with Crippen LogP contribution in [0.5, 0.6) is 0 Å². The van der Waals surface area contributed by atoms with Crippen molar-refractivity contribution >= 4 is 11.9 Å². The van der Waals surface area contributed by atoms with Gasteiger partial charge in [-0.15, -0.1) is 0 Å². The van der Waals surface area contributed by atoms with E-state index in [-0.39, 0.29) is 23.7 Å². The molecule has 1 saturated carbocycles. The molecule has 1 aliphatic carbocycles. The number of ether oxygens (including phenoxy) is 2. The molecule has 2 atom stereocenters. The molecule has 0 bridgehead atoms. The Balaban J connectivity index is 1.43. The molecule has 0 radical (unpaired) electrons. The number of nitrogens with one attached hydrogen (secondary N) is 1. The van der Waals surface area contributed by atoms with E-state index in [2.05, 4.69) is 58.7 Å². The van der Waals surface area contributed by atoms with Gasteiger partial charge in [0, 0.05) is 6.20 Å². The maximum atomic E-state index is 12.5. The van der Waals surface area contributed by atoms with Crippen LogP contribution in [-0.2, 0) is 15.0 Å². The van der Waals surface area contributed by atoms with Crippen molar-refractivity contribution in [2.24, 2.45) is 4.99 Å². The third kappa shape index (κ3) is 4.57. The average molecular weight is 472 g/mol. The summed E-state index contributed by atoms with van der Waals surface area (Å²) in [6, 6.07) is 19.0. The summed E-state index contributed by atoms with van der Waals surface area (Å²) in [6.45, 7) is 5.65. The van der Waals surface area contributed by atoms with Crippen molar-refractivity contribution < 1.29 is 14.3 Å². The van der Waals surface area contributed by atoms with Gasteiger partial charge in [0.15, 0.2) is 0 Å². The fourth-order valence-corrected chi connectivity index (χ4v) is 5.07. The topological polar surface area (TPSA) is 63.2 Å². The lowest BCUT2D eigenvalue weighted by atomic mass is 9.71. The fourth-order valence-electron chi connectivity index (χ4n) is 5.07. The van der Waals surface area contributed by atoms with Crippen LogP contribution in [0.25, 0.3) is 0 Å². The molecule has 2 aromatic carbocycles. The number of methoxy groups -OCH3 is 1. The van der Waals surface area contributed by atoms with E-state index in [0.29, 0.717) is 0 Å². The Morgan fingerprint density at radius 1 is 1.03 bits per heavy atom. The van der Waals surface area contributed by atoms with E-state index in [9.17, 15) is 4.79 Å². The number of carbonyl (C=O) groups excluding carboxylic acids is 1. The molecule has 2 unspecified atom stereocenters. The van der Waals surface area contributed by atoms with Crippen LogP contribution in [0, 0.1) is 0 Å². The van der Waals surface area contributed by atoms with E-state index in [1.807, 2.05) is 45.2 Å². The second-order valence-corrected chi connectivity index (χ2v) is 10.4. The lowest BCUT2D eigenvalue weighted by Gasteiger charge is -2.43. The molecular formula is C29H33N3O3. The summed E-state index contributed by atoms with van der Waals surface area (Å²) in [5.74, 6) is 1.73. The van der Waals surface area contributed by atoms with E-state index in [0.717, 1.165) is 42.0 Å². The number of amidine groups is 1. The van der Waals surface area contributed by atoms with E-state index in [4.69, 9.17) is 14.5 Å². The molecule has 5 rings (SSSR count). The van der Waals surface area contributed by atoms with Crippen molar-refractivity contribution in [1.29, 1.82) is 0 Å². The maximum Gasteiger partial charge on any atom is 0.408 e. The first-order valence-electron chi connectivity index (χ1n) is 12.2. The minimum absolute atomic E-state index is 0.0321. The second-order valence-electron chi connectivity index (χ2n) is 10.4. The average Bonchev–Trinajstić information content (AvgIpc) is 3.19. The third-order valence-corrected chi connectivity index (χ3v) is 6.93. The number of carbonyl (C=O) groups is 1. The SMILES string of the molecule is COC1=CN2C(=NC(c3ccc(C4(NC(=O)OC(C)(C)C)CCC4)cc3)C2c2ccccc2)C=C1. The van der Waals surface area contributed by atoms with Gasteiger partial charge in [-0.1, -0.05) is 54.6 Å². The van der Waals surface area contributed by atoms with Crippen molar-refractivity contribution in [1.82, 2.24) is 10.2 Å². The molecule has 0 saturated heterocycles. The normalized spacial score (nSPS) is 22.5. The van der Waals surface area contributed by atoms with Crippen molar-refractivity contribution in [3.63, 3.8) is 0 Å². The highest BCUT2D eigenvalue weighted by atomic mass is 16.6. The summed E-state index contributed by atoms with van der Waals surface area (Å²) in [6.07, 6.45) is 8.53. The molecule has 1 amide bonds. The van der Waals surface area contributed by atoms with Crippen LogP contribution in [0.4, 0.5) is 4.79 Å². The summed E-state index contributed by atoms with van der Waals surface area (Å²) >= 11 is 0. The van der Waals surface area contributed by atoms with Gasteiger partial charge in [-0.3, -0.25) is 4.99 Å². The highest BCUT2D eigenvalue weighted by Crippen LogP contribution is 2.46. The van der Waals surface area contributed by atoms with Gasteiger partial charge in [0.05, 0.1) is 18.7 Å². The van der Waals surface area contributed by atoms with Gasteiger partial charge in [0.2, 0.25) is 0 Å². The minimum atomic E-state index is -0.523. The van der Waals surface area contributed by atoms with Crippen molar-refractivity contribution in [2.75, 3.05) is 7.11 Å². The molecule has 182 valence electrons. The number of rotatable bonds is 5. The van der Waals surface area contributed by atoms with E-state index in [1.165, 1.54) is 5.56 Å². The predicted molar refractivity (Wildman–Crippen MR) is 137 cm³/mol. The molecular weight excluding hydrogens is 438 g/mol. The number of allylic oxidation sites excluding steroid dienone is 1. The van der Waals surface area contributed by atoms with Crippen LogP contribution in [-0.4, -0.2) is 29.5 Å². The quantitative estimate of drug-likeness (QED) is 0.569. The summed E-state index contributed by atoms with van der Waals surface area (Å²) in [7, 11) is 1.68. The van der Waals surface area contributed by atoms with Gasteiger partial charge in [-0.2, -0.15) is 0 Å². The maximum absolute atomic E-state index is 12.5. The molecule has 2 aliphatic heterocycles. The number of hydrogen-bond acceptors (Lipinski definition) is 5. The molecule has 35 heavy (non-hydrogen) atoms. The number of nitrogens with zero attached hydrogens (tertiary/aromatic N) is 2. The highest BCUT2D eigenvalue weighted by Gasteiger charge is 2.42. The van der Waals surface area contributed by atoms with E-state index < -0.39 is 5.60 Å². The Labute approximate surface area is 207 Å². The molecule has 6 heteroatoms. The largest absolute Gasteiger partial charge is 0.495 e. The lowest BCUT2D eigenvalue weighted by molar-refractivity contribution is 0.0377. The fraction of sp³-hybridized carbons (Fsp3) is 0.379. The van der Waals surface area contributed by atoms with Gasteiger partial charge in [0.1, 0.15) is 23.2 Å². The molecule has 2 heterocycles. The third-order valence-electron chi connectivity index (χ3n) is 6.93. The van der Waals surface area contributed by atoms with Crippen molar-refractivity contribution in [3.05, 3.63) is 95.4 Å². The standard InChI is InChI=1S/C29H33N3O3/c1-28(2,3)35-27(33)31-29(17-8-18-29)22-13-11-20(12-14-22)25-26(21-9-6-5-7-10-21)32-19-23(34-4)15-16-24(32)30-25/h5-7,9-16,19,25-26H,8,17-18H2,1-4H3,(H,31,33). The zero-order chi connectivity index (χ0) is 24.6. The van der Waals surface area contributed by atoms with Crippen LogP contribution < -0.4 is 5.32 Å². The first kappa shape index (κ1) is 23.2. The van der Waals surface area contributed by atoms with Crippen LogP contribution in [0.3, 0.4) is 0 Å². The number of fused-ring (bicyclic) bond motifs is 1. The Kier molecular flexibility index (Phi) is 5.91. The van der Waals surface area contributed by atoms with Crippen LogP contribution in [0.1, 0.15) is 68.8 Å². The predicted octanol–water partition coefficient (Wildman–Crippen LogP) is 6.14. The number of amides is 1. The molecule has 2 aromatic rings. The van der Waals surface area contributed by atoms with Crippen LogP contribution >= 0.6 is 0 Å². The Morgan fingerprint density at radius 3 is 2.34 bits per heavy atom. The molecule has 0 spiro atoms. The van der Waals surface area contributed by atoms with Gasteiger partial charge in [0.25, 0.3) is 0 Å². The summed E-state index contributed by atoms with van der Waals surface area (Å²) in [4.78, 5) is 19.8. The van der Waals surface area contributed by atoms with Gasteiger partial charge in [-0.25, -0.2) is 4.79 Å². The monoisotopic (exact) mass is 471 g/mol. The first-order valence-corrected chi connectivity index (χ1v) is 12.2. The Hall–Kier alpha value is -3.54. The molecule has 1 N–H and O–H groups in total. The number of benzene rings is 2. The van der Waals surface area contributed by atoms with E-state index in [1.54, 1.807) is 7.11 Å². The summed E-state index contributed by atoms with van der Waals surface area (Å²) in [5.41, 5.74) is 2.56. The van der Waals surface area contributed by atoms with Crippen LogP contribution in [0.2, 0.25) is 0 Å². The molecule has 6 nitrogen and oxygen atoms in total. The number of aliphatic imine (C=N–C) groups is 1. The molecule has 1 fully saturated rings. The first-order chi connectivity index (χ1) is 16.8. The van der Waals surface area contributed by atoms with Gasteiger partial charge >= 0.3 is 6.09 Å². The second kappa shape index (κ2) is 8.91. The van der Waals surface area contributed by atoms with Crippen molar-refractivity contribution in [2.45, 2.75) is 63.3 Å². The molecule has 3 aliphatic rings. The van der Waals surface area contributed by atoms with Gasteiger partial charge < -0.3 is 19.7 Å². The zero-order valence-electron chi connectivity index (χ0n) is 20.8.